The summed E-state index contributed by atoms with van der Waals surface area (Å²) in [5, 5.41) is 8.07. The van der Waals surface area contributed by atoms with Gasteiger partial charge in [0.2, 0.25) is 0 Å². The summed E-state index contributed by atoms with van der Waals surface area (Å²) in [6, 6.07) is 22.5. The smallest absolute Gasteiger partial charge is 0.120 e. The zero-order chi connectivity index (χ0) is 21.1. The molecular weight excluding hydrogens is 573 g/mol. The Labute approximate surface area is 199 Å². The minimum absolute atomic E-state index is 0. The Morgan fingerprint density at radius 3 is 2.41 bits per heavy atom. The minimum Gasteiger partial charge on any atom is -0.301 e. The molecule has 0 aliphatic heterocycles. The van der Waals surface area contributed by atoms with Crippen LogP contribution in [0.2, 0.25) is 0 Å². The molecule has 0 saturated carbocycles. The van der Waals surface area contributed by atoms with Crippen LogP contribution in [0.1, 0.15) is 16.7 Å². The van der Waals surface area contributed by atoms with Gasteiger partial charge in [-0.25, -0.2) is 4.98 Å². The van der Waals surface area contributed by atoms with E-state index in [0.717, 1.165) is 27.8 Å². The van der Waals surface area contributed by atoms with Gasteiger partial charge in [0.25, 0.3) is 0 Å². The molecule has 5 heteroatoms. The molecule has 3 heterocycles. The molecular formula is C27H21IrN4-. The van der Waals surface area contributed by atoms with Crippen molar-refractivity contribution in [1.82, 2.24) is 19.2 Å². The van der Waals surface area contributed by atoms with E-state index in [1.165, 1.54) is 33.2 Å². The first kappa shape index (κ1) is 20.6. The van der Waals surface area contributed by atoms with E-state index in [-0.39, 0.29) is 20.1 Å². The molecule has 4 nitrogen and oxygen atoms in total. The van der Waals surface area contributed by atoms with Crippen LogP contribution in [0.15, 0.2) is 73.2 Å². The number of fused-ring (bicyclic) bond motifs is 6. The maximum atomic E-state index is 4.81. The van der Waals surface area contributed by atoms with Gasteiger partial charge < -0.3 is 4.57 Å². The first-order valence-electron chi connectivity index (χ1n) is 10.4. The summed E-state index contributed by atoms with van der Waals surface area (Å²) in [6.07, 6.45) is 5.78. The summed E-state index contributed by atoms with van der Waals surface area (Å²) < 4.78 is 4.19. The number of nitrogens with zero attached hydrogens (tertiary/aromatic N) is 4. The summed E-state index contributed by atoms with van der Waals surface area (Å²) in [4.78, 5) is 4.81. The van der Waals surface area contributed by atoms with E-state index in [1.54, 1.807) is 0 Å². The standard InChI is InChI=1S/C27H21N4.Ir/c1-17-15-18(2)26(19(3)16-17)30-14-13-28-27(30)22-9-6-10-24-25(22)21-8-5-4-7-20(21)23-11-12-29-31(23)24;/h4-9,11-16H,1-3H3;/q-1;. The van der Waals surface area contributed by atoms with Gasteiger partial charge in [0, 0.05) is 38.7 Å². The molecule has 0 bridgehead atoms. The molecule has 0 atom stereocenters. The number of hydrogen-bond acceptors (Lipinski definition) is 2. The Balaban J connectivity index is 0.00000216. The number of aryl methyl sites for hydroxylation is 3. The van der Waals surface area contributed by atoms with E-state index in [0.29, 0.717) is 0 Å². The third-order valence-electron chi connectivity index (χ3n) is 6.06. The van der Waals surface area contributed by atoms with Crippen LogP contribution < -0.4 is 0 Å². The van der Waals surface area contributed by atoms with Gasteiger partial charge in [0.15, 0.2) is 0 Å². The molecule has 6 aromatic rings. The number of benzene rings is 3. The third kappa shape index (κ3) is 2.93. The molecule has 0 saturated heterocycles. The molecule has 0 fully saturated rings. The van der Waals surface area contributed by atoms with Gasteiger partial charge in [-0.2, -0.15) is 23.3 Å². The maximum absolute atomic E-state index is 4.81. The molecule has 0 unspecified atom stereocenters. The Morgan fingerprint density at radius 1 is 0.875 bits per heavy atom. The molecule has 0 aliphatic rings. The van der Waals surface area contributed by atoms with E-state index in [9.17, 15) is 0 Å². The normalized spacial score (nSPS) is 11.3. The summed E-state index contributed by atoms with van der Waals surface area (Å²) in [5.74, 6) is 0.922. The van der Waals surface area contributed by atoms with E-state index < -0.39 is 0 Å². The van der Waals surface area contributed by atoms with Gasteiger partial charge in [0.05, 0.1) is 11.2 Å². The Morgan fingerprint density at radius 2 is 1.62 bits per heavy atom. The predicted molar refractivity (Wildman–Crippen MR) is 126 cm³/mol. The fourth-order valence-corrected chi connectivity index (χ4v) is 4.96. The summed E-state index contributed by atoms with van der Waals surface area (Å²) >= 11 is 0. The summed E-state index contributed by atoms with van der Waals surface area (Å²) in [5.41, 5.74) is 8.06. The Kier molecular flexibility index (Phi) is 4.96. The molecule has 6 rings (SSSR count). The third-order valence-corrected chi connectivity index (χ3v) is 6.06. The molecule has 3 aromatic carbocycles. The van der Waals surface area contributed by atoms with E-state index in [4.69, 9.17) is 4.98 Å². The predicted octanol–water partition coefficient (Wildman–Crippen LogP) is 6.22. The first-order chi connectivity index (χ1) is 15.1. The van der Waals surface area contributed by atoms with Crippen LogP contribution in [0, 0.1) is 26.8 Å². The average Bonchev–Trinajstić information content (AvgIpc) is 3.43. The quantitative estimate of drug-likeness (QED) is 0.177. The second-order valence-corrected chi connectivity index (χ2v) is 8.16. The zero-order valence-corrected chi connectivity index (χ0v) is 20.4. The Bertz CT molecular complexity index is 1600. The number of aromatic nitrogens is 4. The van der Waals surface area contributed by atoms with Crippen molar-refractivity contribution in [1.29, 1.82) is 0 Å². The number of pyridine rings is 1. The molecule has 0 N–H and O–H groups in total. The first-order valence-corrected chi connectivity index (χ1v) is 10.4. The van der Waals surface area contributed by atoms with Crippen molar-refractivity contribution < 1.29 is 20.1 Å². The van der Waals surface area contributed by atoms with Crippen molar-refractivity contribution in [3.63, 3.8) is 0 Å². The van der Waals surface area contributed by atoms with E-state index in [1.807, 2.05) is 23.0 Å². The van der Waals surface area contributed by atoms with Crippen molar-refractivity contribution in [2.75, 3.05) is 0 Å². The van der Waals surface area contributed by atoms with Gasteiger partial charge in [-0.15, -0.1) is 0 Å². The van der Waals surface area contributed by atoms with Crippen molar-refractivity contribution in [3.05, 3.63) is 95.9 Å². The maximum Gasteiger partial charge on any atom is 0.120 e. The van der Waals surface area contributed by atoms with Crippen molar-refractivity contribution >= 4 is 27.2 Å². The second kappa shape index (κ2) is 7.70. The zero-order valence-electron chi connectivity index (χ0n) is 18.1. The van der Waals surface area contributed by atoms with Gasteiger partial charge >= 0.3 is 0 Å². The van der Waals surface area contributed by atoms with E-state index >= 15 is 0 Å². The molecule has 0 amide bonds. The number of rotatable bonds is 2. The molecule has 32 heavy (non-hydrogen) atoms. The fraction of sp³-hybridized carbons (Fsp3) is 0.111. The average molecular weight is 594 g/mol. The van der Waals surface area contributed by atoms with Crippen molar-refractivity contribution in [2.45, 2.75) is 20.8 Å². The van der Waals surface area contributed by atoms with E-state index in [2.05, 4.69) is 91.2 Å². The van der Waals surface area contributed by atoms with Gasteiger partial charge in [0.1, 0.15) is 5.82 Å². The van der Waals surface area contributed by atoms with Crippen molar-refractivity contribution in [2.24, 2.45) is 0 Å². The summed E-state index contributed by atoms with van der Waals surface area (Å²) in [7, 11) is 0. The second-order valence-electron chi connectivity index (χ2n) is 8.16. The molecule has 159 valence electrons. The monoisotopic (exact) mass is 594 g/mol. The SMILES string of the molecule is Cc1cc(C)c(-n2ccnc2-c2cc[c-]c3c2c2ccccc2c2ccnn32)c(C)c1.[Ir]. The fourth-order valence-electron chi connectivity index (χ4n) is 4.96. The number of hydrogen-bond donors (Lipinski definition) is 0. The van der Waals surface area contributed by atoms with Crippen LogP contribution >= 0.6 is 0 Å². The molecule has 0 aliphatic carbocycles. The summed E-state index contributed by atoms with van der Waals surface area (Å²) in [6.45, 7) is 6.47. The van der Waals surface area contributed by atoms with Crippen molar-refractivity contribution in [3.8, 4) is 17.1 Å². The van der Waals surface area contributed by atoms with Crippen LogP contribution in [-0.2, 0) is 20.1 Å². The molecule has 3 aromatic heterocycles. The minimum atomic E-state index is 0. The van der Waals surface area contributed by atoms with Gasteiger partial charge in [-0.1, -0.05) is 58.3 Å². The van der Waals surface area contributed by atoms with Crippen LogP contribution in [0.4, 0.5) is 0 Å². The van der Waals surface area contributed by atoms with Gasteiger partial charge in [-0.3, -0.25) is 4.52 Å². The largest absolute Gasteiger partial charge is 0.301 e. The van der Waals surface area contributed by atoms with Crippen LogP contribution in [0.3, 0.4) is 0 Å². The van der Waals surface area contributed by atoms with Crippen LogP contribution in [0.5, 0.6) is 0 Å². The van der Waals surface area contributed by atoms with Crippen LogP contribution in [0.25, 0.3) is 44.3 Å². The molecule has 0 spiro atoms. The van der Waals surface area contributed by atoms with Gasteiger partial charge in [-0.05, 0) is 48.9 Å². The Hall–Kier alpha value is -3.27. The molecule has 1 radical (unpaired) electrons. The van der Waals surface area contributed by atoms with Crippen LogP contribution in [-0.4, -0.2) is 19.2 Å². The number of imidazole rings is 1. The topological polar surface area (TPSA) is 35.1 Å².